The van der Waals surface area contributed by atoms with Crippen molar-refractivity contribution in [1.82, 2.24) is 5.32 Å². The Balaban J connectivity index is 1.75. The second kappa shape index (κ2) is 6.05. The number of hydrogen-bond donors (Lipinski definition) is 2. The van der Waals surface area contributed by atoms with E-state index in [1.165, 1.54) is 44.9 Å². The molecule has 2 fully saturated rings. The van der Waals surface area contributed by atoms with E-state index in [1.807, 2.05) is 0 Å². The Hall–Kier alpha value is -0.570. The van der Waals surface area contributed by atoms with E-state index in [1.54, 1.807) is 0 Å². The summed E-state index contributed by atoms with van der Waals surface area (Å²) in [4.78, 5) is 12.0. The zero-order valence-corrected chi connectivity index (χ0v) is 11.7. The first-order chi connectivity index (χ1) is 8.59. The molecule has 0 aliphatic heterocycles. The van der Waals surface area contributed by atoms with Crippen LogP contribution in [0, 0.1) is 5.92 Å². The predicted molar refractivity (Wildman–Crippen MR) is 74.2 cm³/mol. The Morgan fingerprint density at radius 2 is 1.83 bits per heavy atom. The van der Waals surface area contributed by atoms with Gasteiger partial charge in [-0.1, -0.05) is 25.7 Å². The van der Waals surface area contributed by atoms with Crippen LogP contribution in [0.5, 0.6) is 0 Å². The van der Waals surface area contributed by atoms with Crippen LogP contribution < -0.4 is 11.1 Å². The summed E-state index contributed by atoms with van der Waals surface area (Å²) in [5.74, 6) is 0.834. The summed E-state index contributed by atoms with van der Waals surface area (Å²) in [7, 11) is 0. The van der Waals surface area contributed by atoms with E-state index in [0.717, 1.165) is 12.8 Å². The summed E-state index contributed by atoms with van der Waals surface area (Å²) >= 11 is 0. The lowest BCUT2D eigenvalue weighted by molar-refractivity contribution is -0.124. The van der Waals surface area contributed by atoms with Gasteiger partial charge < -0.3 is 11.1 Å². The van der Waals surface area contributed by atoms with Crippen molar-refractivity contribution in [3.05, 3.63) is 0 Å². The van der Waals surface area contributed by atoms with Crippen molar-refractivity contribution in [2.75, 3.05) is 0 Å². The van der Waals surface area contributed by atoms with E-state index >= 15 is 0 Å². The number of nitrogens with one attached hydrogen (secondary N) is 1. The third-order valence-corrected chi connectivity index (χ3v) is 4.86. The molecule has 18 heavy (non-hydrogen) atoms. The van der Waals surface area contributed by atoms with Gasteiger partial charge >= 0.3 is 0 Å². The molecule has 1 atom stereocenters. The van der Waals surface area contributed by atoms with E-state index in [0.29, 0.717) is 18.4 Å². The first-order valence-electron chi connectivity index (χ1n) is 7.67. The topological polar surface area (TPSA) is 55.1 Å². The summed E-state index contributed by atoms with van der Waals surface area (Å²) in [6.45, 7) is 2.16. The fourth-order valence-corrected chi connectivity index (χ4v) is 3.36. The van der Waals surface area contributed by atoms with Crippen LogP contribution in [0.1, 0.15) is 71.1 Å². The van der Waals surface area contributed by atoms with Crippen molar-refractivity contribution in [2.45, 2.75) is 82.7 Å². The molecule has 0 bridgehead atoms. The van der Waals surface area contributed by atoms with Gasteiger partial charge in [-0.15, -0.1) is 0 Å². The molecular formula is C15H28N2O. The average molecular weight is 252 g/mol. The maximum Gasteiger partial charge on any atom is 0.222 e. The van der Waals surface area contributed by atoms with Crippen LogP contribution in [-0.4, -0.2) is 17.5 Å². The minimum Gasteiger partial charge on any atom is -0.353 e. The van der Waals surface area contributed by atoms with Gasteiger partial charge in [-0.25, -0.2) is 0 Å². The number of hydrogen-bond acceptors (Lipinski definition) is 2. The van der Waals surface area contributed by atoms with Gasteiger partial charge in [0.2, 0.25) is 5.91 Å². The van der Waals surface area contributed by atoms with Crippen molar-refractivity contribution >= 4 is 5.91 Å². The van der Waals surface area contributed by atoms with Crippen molar-refractivity contribution in [2.24, 2.45) is 11.7 Å². The highest BCUT2D eigenvalue weighted by atomic mass is 16.1. The number of rotatable bonds is 4. The van der Waals surface area contributed by atoms with Crippen LogP contribution in [0.3, 0.4) is 0 Å². The first kappa shape index (κ1) is 13.9. The molecule has 3 nitrogen and oxygen atoms in total. The van der Waals surface area contributed by atoms with Gasteiger partial charge in [-0.05, 0) is 44.9 Å². The molecular weight excluding hydrogens is 224 g/mol. The fourth-order valence-electron chi connectivity index (χ4n) is 3.36. The molecule has 2 aliphatic carbocycles. The van der Waals surface area contributed by atoms with Gasteiger partial charge in [-0.2, -0.15) is 0 Å². The van der Waals surface area contributed by atoms with Gasteiger partial charge in [0.25, 0.3) is 0 Å². The highest BCUT2D eigenvalue weighted by Gasteiger charge is 2.35. The van der Waals surface area contributed by atoms with Crippen molar-refractivity contribution in [3.8, 4) is 0 Å². The second-order valence-electron chi connectivity index (χ2n) is 6.50. The summed E-state index contributed by atoms with van der Waals surface area (Å²) in [5.41, 5.74) is 5.93. The minimum atomic E-state index is -0.187. The van der Waals surface area contributed by atoms with Crippen LogP contribution >= 0.6 is 0 Å². The molecule has 0 unspecified atom stereocenters. The van der Waals surface area contributed by atoms with E-state index in [-0.39, 0.29) is 11.4 Å². The molecule has 104 valence electrons. The lowest BCUT2D eigenvalue weighted by Gasteiger charge is -2.38. The third kappa shape index (κ3) is 3.71. The van der Waals surface area contributed by atoms with Gasteiger partial charge in [-0.3, -0.25) is 4.79 Å². The van der Waals surface area contributed by atoms with Crippen LogP contribution in [0.4, 0.5) is 0 Å². The molecule has 3 heteroatoms. The van der Waals surface area contributed by atoms with Gasteiger partial charge in [0.1, 0.15) is 0 Å². The molecule has 0 aromatic rings. The Kier molecular flexibility index (Phi) is 4.66. The van der Waals surface area contributed by atoms with Gasteiger partial charge in [0, 0.05) is 18.0 Å². The van der Waals surface area contributed by atoms with Gasteiger partial charge in [0.15, 0.2) is 0 Å². The number of nitrogens with two attached hydrogens (primary N) is 1. The van der Waals surface area contributed by atoms with Crippen molar-refractivity contribution in [1.29, 1.82) is 0 Å². The normalized spacial score (nSPS) is 25.9. The van der Waals surface area contributed by atoms with Crippen LogP contribution in [0.2, 0.25) is 0 Å². The summed E-state index contributed by atoms with van der Waals surface area (Å²) in [6.07, 6.45) is 11.6. The fraction of sp³-hybridized carbons (Fsp3) is 0.933. The van der Waals surface area contributed by atoms with E-state index in [2.05, 4.69) is 12.2 Å². The smallest absolute Gasteiger partial charge is 0.222 e. The number of carbonyl (C=O) groups is 1. The highest BCUT2D eigenvalue weighted by Crippen LogP contribution is 2.32. The Labute approximate surface area is 111 Å². The van der Waals surface area contributed by atoms with E-state index in [4.69, 9.17) is 5.73 Å². The molecule has 0 heterocycles. The molecule has 0 aromatic carbocycles. The average Bonchev–Trinajstić information content (AvgIpc) is 2.55. The third-order valence-electron chi connectivity index (χ3n) is 4.86. The molecule has 1 amide bonds. The SMILES string of the molecule is C[C@H](NC(=O)CC1(N)CCC1)C1CCCCCC1. The second-order valence-corrected chi connectivity index (χ2v) is 6.50. The summed E-state index contributed by atoms with van der Waals surface area (Å²) in [6, 6.07) is 0.319. The monoisotopic (exact) mass is 252 g/mol. The molecule has 2 aliphatic rings. The lowest BCUT2D eigenvalue weighted by Crippen LogP contribution is -2.51. The quantitative estimate of drug-likeness (QED) is 0.756. The van der Waals surface area contributed by atoms with E-state index < -0.39 is 0 Å². The molecule has 0 saturated heterocycles. The number of carbonyl (C=O) groups excluding carboxylic acids is 1. The van der Waals surface area contributed by atoms with Crippen LogP contribution in [0.15, 0.2) is 0 Å². The van der Waals surface area contributed by atoms with Crippen LogP contribution in [-0.2, 0) is 4.79 Å². The van der Waals surface area contributed by atoms with Gasteiger partial charge in [0.05, 0.1) is 0 Å². The summed E-state index contributed by atoms with van der Waals surface area (Å²) in [5, 5.41) is 3.18. The maximum atomic E-state index is 12.0. The standard InChI is InChI=1S/C15H28N2O/c1-12(13-7-4-2-3-5-8-13)17-14(18)11-15(16)9-6-10-15/h12-13H,2-11,16H2,1H3,(H,17,18)/t12-/m0/s1. The van der Waals surface area contributed by atoms with Crippen molar-refractivity contribution < 1.29 is 4.79 Å². The van der Waals surface area contributed by atoms with Crippen molar-refractivity contribution in [3.63, 3.8) is 0 Å². The first-order valence-corrected chi connectivity index (χ1v) is 7.67. The Morgan fingerprint density at radius 3 is 2.33 bits per heavy atom. The summed E-state index contributed by atoms with van der Waals surface area (Å²) < 4.78 is 0. The molecule has 0 spiro atoms. The molecule has 3 N–H and O–H groups in total. The Bertz CT molecular complexity index is 278. The van der Waals surface area contributed by atoms with E-state index in [9.17, 15) is 4.79 Å². The molecule has 0 radical (unpaired) electrons. The number of amides is 1. The highest BCUT2D eigenvalue weighted by molar-refractivity contribution is 5.77. The lowest BCUT2D eigenvalue weighted by atomic mass is 9.75. The largest absolute Gasteiger partial charge is 0.353 e. The molecule has 2 rings (SSSR count). The zero-order valence-electron chi connectivity index (χ0n) is 11.7. The Morgan fingerprint density at radius 1 is 1.22 bits per heavy atom. The molecule has 2 saturated carbocycles. The maximum absolute atomic E-state index is 12.0. The minimum absolute atomic E-state index is 0.161. The molecule has 0 aromatic heterocycles. The van der Waals surface area contributed by atoms with Crippen LogP contribution in [0.25, 0.3) is 0 Å². The zero-order chi connectivity index (χ0) is 13.0. The predicted octanol–water partition coefficient (Wildman–Crippen LogP) is 2.73.